The second-order valence-electron chi connectivity index (χ2n) is 15.1. The molecule has 1 fully saturated rings. The lowest BCUT2D eigenvalue weighted by Crippen LogP contribution is -2.41. The zero-order valence-electron chi connectivity index (χ0n) is 31.0. The van der Waals surface area contributed by atoms with E-state index in [0.29, 0.717) is 48.5 Å². The van der Waals surface area contributed by atoms with E-state index >= 15 is 0 Å². The normalized spacial score (nSPS) is 17.3. The topological polar surface area (TPSA) is 75.0 Å². The molecule has 6 heteroatoms. The second-order valence-corrected chi connectivity index (χ2v) is 15.1. The summed E-state index contributed by atoms with van der Waals surface area (Å²) >= 11 is 0. The lowest BCUT2D eigenvalue weighted by molar-refractivity contribution is -0.171. The van der Waals surface area contributed by atoms with E-state index in [1.165, 1.54) is 5.56 Å². The Hall–Kier alpha value is -4.60. The number of carbonyl (C=O) groups excluding carboxylic acids is 2. The Morgan fingerprint density at radius 2 is 1.63 bits per heavy atom. The molecule has 5 rings (SSSR count). The Bertz CT molecular complexity index is 1840. The number of allylic oxidation sites excluding steroid dienone is 1. The van der Waals surface area contributed by atoms with Crippen molar-refractivity contribution in [2.45, 2.75) is 85.9 Å². The Morgan fingerprint density at radius 3 is 2.33 bits per heavy atom. The fourth-order valence-electron chi connectivity index (χ4n) is 6.77. The molecule has 1 saturated heterocycles. The van der Waals surface area contributed by atoms with Crippen LogP contribution in [0, 0.1) is 42.4 Å². The predicted molar refractivity (Wildman–Crippen MR) is 202 cm³/mol. The number of furan rings is 1. The summed E-state index contributed by atoms with van der Waals surface area (Å²) in [4.78, 5) is 26.7. The Kier molecular flexibility index (Phi) is 13.0. The van der Waals surface area contributed by atoms with E-state index in [2.05, 4.69) is 46.5 Å². The summed E-state index contributed by atoms with van der Waals surface area (Å²) in [5.41, 5.74) is 4.26. The van der Waals surface area contributed by atoms with Gasteiger partial charge < -0.3 is 18.6 Å². The number of aryl methyl sites for hydroxylation is 1. The maximum absolute atomic E-state index is 13.4. The van der Waals surface area contributed by atoms with Gasteiger partial charge in [-0.3, -0.25) is 4.79 Å². The van der Waals surface area contributed by atoms with Gasteiger partial charge in [-0.05, 0) is 79.8 Å². The van der Waals surface area contributed by atoms with E-state index in [0.717, 1.165) is 46.9 Å². The highest BCUT2D eigenvalue weighted by Gasteiger charge is 2.45. The average Bonchev–Trinajstić information content (AvgIpc) is 3.65. The third-order valence-corrected chi connectivity index (χ3v) is 9.26. The Balaban J connectivity index is 1.25. The average molecular weight is 689 g/mol. The maximum atomic E-state index is 13.4. The molecular weight excluding hydrogens is 636 g/mol. The van der Waals surface area contributed by atoms with Crippen LogP contribution < -0.4 is 0 Å². The van der Waals surface area contributed by atoms with E-state index < -0.39 is 11.5 Å². The lowest BCUT2D eigenvalue weighted by atomic mass is 9.86. The fraction of sp³-hybridized carbons (Fsp3) is 0.422. The molecule has 1 aromatic heterocycles. The second kappa shape index (κ2) is 17.6. The third kappa shape index (κ3) is 10.9. The summed E-state index contributed by atoms with van der Waals surface area (Å²) in [5, 5.41) is 0.906. The third-order valence-electron chi connectivity index (χ3n) is 9.26. The van der Waals surface area contributed by atoms with Gasteiger partial charge in [-0.25, -0.2) is 4.79 Å². The van der Waals surface area contributed by atoms with Crippen LogP contribution in [0.4, 0.5) is 0 Å². The maximum Gasteiger partial charge on any atom is 0.334 e. The van der Waals surface area contributed by atoms with Crippen molar-refractivity contribution in [3.63, 3.8) is 0 Å². The molecule has 3 aromatic carbocycles. The molecule has 2 atom stereocenters. The molecule has 0 radical (unpaired) electrons. The predicted octanol–water partition coefficient (Wildman–Crippen LogP) is 9.79. The molecule has 51 heavy (non-hydrogen) atoms. The van der Waals surface area contributed by atoms with Crippen molar-refractivity contribution in [2.75, 3.05) is 13.2 Å². The molecule has 0 saturated carbocycles. The molecule has 4 aromatic rings. The summed E-state index contributed by atoms with van der Waals surface area (Å²) in [6, 6.07) is 25.7. The largest absolute Gasteiger partial charge is 0.461 e. The van der Waals surface area contributed by atoms with Gasteiger partial charge in [0.2, 0.25) is 0 Å². The van der Waals surface area contributed by atoms with Crippen LogP contribution in [0.3, 0.4) is 0 Å². The highest BCUT2D eigenvalue weighted by atomic mass is 16.6. The van der Waals surface area contributed by atoms with Gasteiger partial charge in [0.1, 0.15) is 18.0 Å². The number of hydrogen-bond donors (Lipinski definition) is 0. The summed E-state index contributed by atoms with van der Waals surface area (Å²) in [7, 11) is 0. The van der Waals surface area contributed by atoms with Crippen LogP contribution in [-0.2, 0) is 36.8 Å². The van der Waals surface area contributed by atoms with Crippen molar-refractivity contribution in [3.8, 4) is 11.8 Å². The fourth-order valence-corrected chi connectivity index (χ4v) is 6.77. The molecule has 0 amide bonds. The monoisotopic (exact) mass is 688 g/mol. The standard InChI is InChI=1S/C45H52O6/c1-31(2)23-37(24-32(3)4)20-22-39-27-45(51-44(39)47,29-48-28-36-11-8-7-9-12-36)30-49-43(46)34(6)25-40-26-41-38(13-10-14-42(41)50-40)21-19-35-17-15-33(5)16-18-35/h7-18,22,26,31-32,34,37H,20,23-25,27-30H2,1-6H3/b39-22+/t34-,45+/m0/s1. The quantitative estimate of drug-likeness (QED) is 0.0703. The van der Waals surface area contributed by atoms with E-state index in [1.807, 2.05) is 91.9 Å². The van der Waals surface area contributed by atoms with Crippen molar-refractivity contribution < 1.29 is 28.2 Å². The van der Waals surface area contributed by atoms with Crippen LogP contribution in [0.2, 0.25) is 0 Å². The molecule has 0 unspecified atom stereocenters. The van der Waals surface area contributed by atoms with Gasteiger partial charge in [-0.15, -0.1) is 0 Å². The van der Waals surface area contributed by atoms with Crippen molar-refractivity contribution in [1.82, 2.24) is 0 Å². The van der Waals surface area contributed by atoms with Gasteiger partial charge in [-0.1, -0.05) is 107 Å². The number of rotatable bonds is 15. The first-order valence-corrected chi connectivity index (χ1v) is 18.3. The first kappa shape index (κ1) is 37.7. The molecule has 0 aliphatic carbocycles. The summed E-state index contributed by atoms with van der Waals surface area (Å²) < 4.78 is 24.2. The van der Waals surface area contributed by atoms with E-state index in [9.17, 15) is 9.59 Å². The van der Waals surface area contributed by atoms with Crippen molar-refractivity contribution in [1.29, 1.82) is 0 Å². The molecule has 2 heterocycles. The minimum Gasteiger partial charge on any atom is -0.461 e. The summed E-state index contributed by atoms with van der Waals surface area (Å²) in [5.74, 6) is 7.59. The number of cyclic esters (lactones) is 1. The number of hydrogen-bond acceptors (Lipinski definition) is 6. The summed E-state index contributed by atoms with van der Waals surface area (Å²) in [6.07, 6.45) is 5.75. The van der Waals surface area contributed by atoms with Crippen molar-refractivity contribution >= 4 is 22.9 Å². The first-order valence-electron chi connectivity index (χ1n) is 18.3. The van der Waals surface area contributed by atoms with Crippen LogP contribution in [0.15, 0.2) is 94.9 Å². The molecule has 0 bridgehead atoms. The number of esters is 2. The van der Waals surface area contributed by atoms with E-state index in [4.69, 9.17) is 18.6 Å². The minimum absolute atomic E-state index is 0.0890. The molecule has 0 N–H and O–H groups in total. The molecule has 268 valence electrons. The zero-order valence-corrected chi connectivity index (χ0v) is 31.0. The SMILES string of the molecule is Cc1ccc(C#Cc2cccc3oc(C[C@H](C)C(=O)OC[C@]4(COCc5ccccc5)C/C(=C\CC(CC(C)C)CC(C)C)C(=O)O4)cc23)cc1. The van der Waals surface area contributed by atoms with Gasteiger partial charge in [0.25, 0.3) is 0 Å². The van der Waals surface area contributed by atoms with Crippen molar-refractivity contribution in [3.05, 3.63) is 119 Å². The van der Waals surface area contributed by atoms with Crippen LogP contribution in [-0.4, -0.2) is 30.8 Å². The van der Waals surface area contributed by atoms with Crippen LogP contribution in [0.5, 0.6) is 0 Å². The Morgan fingerprint density at radius 1 is 0.902 bits per heavy atom. The van der Waals surface area contributed by atoms with Gasteiger partial charge >= 0.3 is 11.9 Å². The molecule has 1 aliphatic heterocycles. The van der Waals surface area contributed by atoms with Gasteiger partial charge in [0.05, 0.1) is 19.1 Å². The number of fused-ring (bicyclic) bond motifs is 1. The highest BCUT2D eigenvalue weighted by molar-refractivity contribution is 5.91. The number of ether oxygens (including phenoxy) is 3. The zero-order chi connectivity index (χ0) is 36.4. The van der Waals surface area contributed by atoms with E-state index in [-0.39, 0.29) is 25.2 Å². The number of benzene rings is 3. The minimum atomic E-state index is -1.09. The molecule has 6 nitrogen and oxygen atoms in total. The lowest BCUT2D eigenvalue weighted by Gasteiger charge is -2.27. The van der Waals surface area contributed by atoms with Gasteiger partial charge in [-0.2, -0.15) is 0 Å². The van der Waals surface area contributed by atoms with Crippen LogP contribution in [0.25, 0.3) is 11.0 Å². The highest BCUT2D eigenvalue weighted by Crippen LogP contribution is 2.34. The number of carbonyl (C=O) groups is 2. The molecular formula is C45H52O6. The van der Waals surface area contributed by atoms with Gasteiger partial charge in [0.15, 0.2) is 5.60 Å². The van der Waals surface area contributed by atoms with Crippen molar-refractivity contribution in [2.24, 2.45) is 23.7 Å². The molecule has 1 aliphatic rings. The first-order chi connectivity index (χ1) is 24.5. The van der Waals surface area contributed by atoms with Crippen LogP contribution >= 0.6 is 0 Å². The van der Waals surface area contributed by atoms with E-state index in [1.54, 1.807) is 0 Å². The Labute approximate surface area is 303 Å². The smallest absolute Gasteiger partial charge is 0.334 e. The summed E-state index contributed by atoms with van der Waals surface area (Å²) in [6.45, 7) is 13.2. The van der Waals surface area contributed by atoms with Gasteiger partial charge in [0, 0.05) is 34.9 Å². The molecule has 0 spiro atoms. The van der Waals surface area contributed by atoms with Crippen LogP contribution in [0.1, 0.15) is 88.3 Å².